The predicted octanol–water partition coefficient (Wildman–Crippen LogP) is 2.70. The molecule has 0 aliphatic carbocycles. The second-order valence-electron chi connectivity index (χ2n) is 4.56. The molecule has 2 rings (SSSR count). The van der Waals surface area contributed by atoms with E-state index in [1.165, 1.54) is 33.0 Å². The summed E-state index contributed by atoms with van der Waals surface area (Å²) in [6, 6.07) is 13.1. The smallest absolute Gasteiger partial charge is 0.0480 e. The number of alkyl halides is 1. The maximum atomic E-state index is 6.06. The summed E-state index contributed by atoms with van der Waals surface area (Å²) in [6.07, 6.45) is 0. The van der Waals surface area contributed by atoms with Crippen LogP contribution in [0.1, 0.15) is 16.7 Å². The van der Waals surface area contributed by atoms with E-state index in [4.69, 9.17) is 11.6 Å². The topological polar surface area (TPSA) is 0 Å². The molecule has 0 bridgehead atoms. The average Bonchev–Trinajstić information content (AvgIpc) is 2.32. The summed E-state index contributed by atoms with van der Waals surface area (Å²) in [4.78, 5) is 0. The third kappa shape index (κ3) is 2.45. The normalized spacial score (nSPS) is 10.8. The van der Waals surface area contributed by atoms with Crippen molar-refractivity contribution < 1.29 is 0 Å². The lowest BCUT2D eigenvalue weighted by atomic mass is 9.95. The molecule has 2 heteroatoms. The Hall–Kier alpha value is -1.05. The van der Waals surface area contributed by atoms with Gasteiger partial charge in [0, 0.05) is 16.1 Å². The summed E-state index contributed by atoms with van der Waals surface area (Å²) in [5.74, 6) is 0.582. The van der Waals surface area contributed by atoms with Gasteiger partial charge >= 0.3 is 0 Å². The van der Waals surface area contributed by atoms with Crippen molar-refractivity contribution in [3.8, 4) is 11.1 Å². The zero-order valence-corrected chi connectivity index (χ0v) is 13.3. The number of rotatable bonds is 2. The first kappa shape index (κ1) is 12.4. The predicted molar refractivity (Wildman–Crippen MR) is 80.5 cm³/mol. The third-order valence-electron chi connectivity index (χ3n) is 3.17. The fourth-order valence-corrected chi connectivity index (χ4v) is 3.24. The van der Waals surface area contributed by atoms with E-state index in [9.17, 15) is 0 Å². The second kappa shape index (κ2) is 5.07. The zero-order valence-electron chi connectivity index (χ0n) is 10.5. The molecule has 0 saturated heterocycles. The lowest BCUT2D eigenvalue weighted by Crippen LogP contribution is -2.09. The van der Waals surface area contributed by atoms with Gasteiger partial charge in [0.1, 0.15) is 0 Å². The Morgan fingerprint density at radius 2 is 1.88 bits per heavy atom. The molecule has 0 atom stereocenters. The molecule has 2 aromatic carbocycles. The molecular weight excluding hydrogens is 244 g/mol. The van der Waals surface area contributed by atoms with E-state index in [0.29, 0.717) is 5.88 Å². The Morgan fingerprint density at radius 3 is 2.59 bits per heavy atom. The van der Waals surface area contributed by atoms with Crippen molar-refractivity contribution in [1.82, 2.24) is 0 Å². The third-order valence-corrected chi connectivity index (χ3v) is 4.29. The molecule has 0 nitrogen and oxygen atoms in total. The maximum Gasteiger partial charge on any atom is 0.0480 e. The monoisotopic (exact) mass is 260 g/mol. The zero-order chi connectivity index (χ0) is 12.4. The molecule has 0 aromatic heterocycles. The summed E-state index contributed by atoms with van der Waals surface area (Å²) in [7, 11) is 1.05. The van der Waals surface area contributed by atoms with E-state index in [1.807, 2.05) is 0 Å². The number of halogens is 1. The molecular formula is C15H17ClSi. The van der Waals surface area contributed by atoms with Crippen LogP contribution in [0.15, 0.2) is 36.4 Å². The average molecular weight is 261 g/mol. The Labute approximate surface area is 111 Å². The van der Waals surface area contributed by atoms with E-state index < -0.39 is 0 Å². The Kier molecular flexibility index (Phi) is 3.70. The van der Waals surface area contributed by atoms with Gasteiger partial charge in [-0.1, -0.05) is 47.1 Å². The van der Waals surface area contributed by atoms with Crippen molar-refractivity contribution in [3.05, 3.63) is 53.1 Å². The van der Waals surface area contributed by atoms with Crippen LogP contribution in [0.3, 0.4) is 0 Å². The Bertz CT molecular complexity index is 547. The van der Waals surface area contributed by atoms with Crippen LogP contribution in [0.25, 0.3) is 11.1 Å². The van der Waals surface area contributed by atoms with Gasteiger partial charge in [-0.2, -0.15) is 0 Å². The number of hydrogen-bond acceptors (Lipinski definition) is 0. The highest BCUT2D eigenvalue weighted by Gasteiger charge is 2.09. The van der Waals surface area contributed by atoms with Crippen LogP contribution in [0.4, 0.5) is 0 Å². The minimum Gasteiger partial charge on any atom is -0.122 e. The molecule has 17 heavy (non-hydrogen) atoms. The molecule has 0 aliphatic heterocycles. The molecule has 0 N–H and O–H groups in total. The van der Waals surface area contributed by atoms with E-state index in [1.54, 1.807) is 0 Å². The standard InChI is InChI=1S/C15H17ClSi/c1-10-6-7-11(2)13(8-10)15-12(9-16)4-3-5-14(15)17/h3-8H,9H2,1-2,17H3. The van der Waals surface area contributed by atoms with Gasteiger partial charge < -0.3 is 0 Å². The van der Waals surface area contributed by atoms with Gasteiger partial charge in [-0.25, -0.2) is 0 Å². The van der Waals surface area contributed by atoms with Gasteiger partial charge in [-0.15, -0.1) is 11.6 Å². The van der Waals surface area contributed by atoms with Gasteiger partial charge in [0.2, 0.25) is 0 Å². The van der Waals surface area contributed by atoms with E-state index in [-0.39, 0.29) is 0 Å². The molecule has 0 spiro atoms. The first-order chi connectivity index (χ1) is 8.13. The van der Waals surface area contributed by atoms with Crippen LogP contribution in [0.5, 0.6) is 0 Å². The second-order valence-corrected chi connectivity index (χ2v) is 5.91. The Morgan fingerprint density at radius 1 is 1.12 bits per heavy atom. The van der Waals surface area contributed by atoms with Crippen LogP contribution < -0.4 is 5.19 Å². The summed E-state index contributed by atoms with van der Waals surface area (Å²) in [5, 5.41) is 1.43. The quantitative estimate of drug-likeness (QED) is 0.575. The molecule has 0 unspecified atom stereocenters. The van der Waals surface area contributed by atoms with E-state index in [0.717, 1.165) is 10.2 Å². The highest BCUT2D eigenvalue weighted by molar-refractivity contribution is 6.36. The largest absolute Gasteiger partial charge is 0.122 e. The van der Waals surface area contributed by atoms with Crippen molar-refractivity contribution in [2.45, 2.75) is 19.7 Å². The number of aryl methyl sites for hydroxylation is 2. The summed E-state index contributed by atoms with van der Waals surface area (Å²) >= 11 is 6.06. The van der Waals surface area contributed by atoms with Gasteiger partial charge in [-0.05, 0) is 36.1 Å². The first-order valence-electron chi connectivity index (χ1n) is 5.85. The molecule has 88 valence electrons. The minimum absolute atomic E-state index is 0.582. The number of hydrogen-bond donors (Lipinski definition) is 0. The highest BCUT2D eigenvalue weighted by Crippen LogP contribution is 2.27. The number of benzene rings is 2. The van der Waals surface area contributed by atoms with E-state index in [2.05, 4.69) is 50.2 Å². The van der Waals surface area contributed by atoms with Crippen molar-refractivity contribution >= 4 is 27.0 Å². The molecule has 0 amide bonds. The van der Waals surface area contributed by atoms with Crippen LogP contribution in [-0.4, -0.2) is 10.2 Å². The molecule has 2 aromatic rings. The fraction of sp³-hybridized carbons (Fsp3) is 0.200. The van der Waals surface area contributed by atoms with Crippen LogP contribution in [0.2, 0.25) is 0 Å². The lowest BCUT2D eigenvalue weighted by molar-refractivity contribution is 1.36. The first-order valence-corrected chi connectivity index (χ1v) is 7.39. The van der Waals surface area contributed by atoms with Gasteiger partial charge in [-0.3, -0.25) is 0 Å². The fourth-order valence-electron chi connectivity index (χ4n) is 2.23. The summed E-state index contributed by atoms with van der Waals surface area (Å²) in [6.45, 7) is 4.31. The lowest BCUT2D eigenvalue weighted by Gasteiger charge is -2.14. The van der Waals surface area contributed by atoms with Crippen molar-refractivity contribution in [3.63, 3.8) is 0 Å². The minimum atomic E-state index is 0.582. The van der Waals surface area contributed by atoms with Crippen LogP contribution in [0, 0.1) is 13.8 Å². The van der Waals surface area contributed by atoms with Gasteiger partial charge in [0.15, 0.2) is 0 Å². The van der Waals surface area contributed by atoms with Gasteiger partial charge in [0.25, 0.3) is 0 Å². The van der Waals surface area contributed by atoms with Crippen molar-refractivity contribution in [1.29, 1.82) is 0 Å². The van der Waals surface area contributed by atoms with Crippen LogP contribution in [-0.2, 0) is 5.88 Å². The molecule has 0 aliphatic rings. The van der Waals surface area contributed by atoms with Crippen LogP contribution >= 0.6 is 11.6 Å². The molecule has 0 fully saturated rings. The summed E-state index contributed by atoms with van der Waals surface area (Å²) < 4.78 is 0. The van der Waals surface area contributed by atoms with Crippen molar-refractivity contribution in [2.24, 2.45) is 0 Å². The molecule has 0 saturated carbocycles. The Balaban J connectivity index is 2.71. The SMILES string of the molecule is Cc1ccc(C)c(-c2c([SiH3])cccc2CCl)c1. The summed E-state index contributed by atoms with van der Waals surface area (Å²) in [5.41, 5.74) is 6.57. The molecule has 0 radical (unpaired) electrons. The van der Waals surface area contributed by atoms with Crippen molar-refractivity contribution in [2.75, 3.05) is 0 Å². The maximum absolute atomic E-state index is 6.06. The van der Waals surface area contributed by atoms with E-state index >= 15 is 0 Å². The highest BCUT2D eigenvalue weighted by atomic mass is 35.5. The van der Waals surface area contributed by atoms with Gasteiger partial charge in [0.05, 0.1) is 0 Å². The molecule has 0 heterocycles.